The fraction of sp³-hybridized carbons (Fsp3) is 0.588. The first kappa shape index (κ1) is 19.7. The van der Waals surface area contributed by atoms with E-state index in [4.69, 9.17) is 9.47 Å². The second-order valence-electron chi connectivity index (χ2n) is 5.56. The largest absolute Gasteiger partial charge is 0.462 e. The molecule has 6 nitrogen and oxygen atoms in total. The number of nitrogens with one attached hydrogen (secondary N) is 1. The van der Waals surface area contributed by atoms with Crippen LogP contribution in [0.1, 0.15) is 46.0 Å². The van der Waals surface area contributed by atoms with Gasteiger partial charge in [-0.25, -0.2) is 9.59 Å². The molecule has 0 atom stereocenters. The normalized spacial score (nSPS) is 20.0. The quantitative estimate of drug-likeness (QED) is 0.425. The molecule has 136 valence electrons. The lowest BCUT2D eigenvalue weighted by atomic mass is 9.96. The smallest absolute Gasteiger partial charge is 0.350 e. The van der Waals surface area contributed by atoms with Crippen molar-refractivity contribution >= 4 is 35.5 Å². The van der Waals surface area contributed by atoms with Crippen molar-refractivity contribution in [1.29, 1.82) is 5.26 Å². The fourth-order valence-electron chi connectivity index (χ4n) is 2.64. The molecule has 0 radical (unpaired) electrons. The van der Waals surface area contributed by atoms with Gasteiger partial charge in [0.15, 0.2) is 5.57 Å². The molecule has 0 aromatic carbocycles. The number of hydrogen-bond acceptors (Lipinski definition) is 8. The summed E-state index contributed by atoms with van der Waals surface area (Å²) in [5.74, 6) is -1.10. The van der Waals surface area contributed by atoms with Gasteiger partial charge in [-0.05, 0) is 26.7 Å². The highest BCUT2D eigenvalue weighted by atomic mass is 32.2. The van der Waals surface area contributed by atoms with Crippen molar-refractivity contribution in [3.05, 3.63) is 19.7 Å². The number of hydrogen-bond donors (Lipinski definition) is 1. The summed E-state index contributed by atoms with van der Waals surface area (Å²) in [4.78, 5) is 24.7. The summed E-state index contributed by atoms with van der Waals surface area (Å²) in [5, 5.41) is 13.4. The number of nitriles is 1. The van der Waals surface area contributed by atoms with Crippen LogP contribution in [0.2, 0.25) is 0 Å². The zero-order valence-corrected chi connectivity index (χ0v) is 16.1. The molecule has 0 unspecified atom stereocenters. The van der Waals surface area contributed by atoms with E-state index in [2.05, 4.69) is 5.32 Å². The maximum atomic E-state index is 12.3. The van der Waals surface area contributed by atoms with Crippen molar-refractivity contribution in [2.45, 2.75) is 52.0 Å². The Kier molecular flexibility index (Phi) is 7.72. The molecule has 1 N–H and O–H groups in total. The summed E-state index contributed by atoms with van der Waals surface area (Å²) in [7, 11) is 0. The van der Waals surface area contributed by atoms with Gasteiger partial charge in [-0.1, -0.05) is 42.8 Å². The van der Waals surface area contributed by atoms with Crippen molar-refractivity contribution in [3.63, 3.8) is 0 Å². The Balaban J connectivity index is 2.24. The van der Waals surface area contributed by atoms with Crippen molar-refractivity contribution < 1.29 is 19.1 Å². The van der Waals surface area contributed by atoms with Crippen LogP contribution >= 0.6 is 23.5 Å². The molecule has 0 spiro atoms. The highest BCUT2D eigenvalue weighted by Crippen LogP contribution is 2.50. The third kappa shape index (κ3) is 5.19. The lowest BCUT2D eigenvalue weighted by Crippen LogP contribution is -2.30. The van der Waals surface area contributed by atoms with Gasteiger partial charge in [0.2, 0.25) is 0 Å². The summed E-state index contributed by atoms with van der Waals surface area (Å²) in [6.07, 6.45) is 5.65. The number of nitrogens with zero attached hydrogens (tertiary/aromatic N) is 1. The van der Waals surface area contributed by atoms with E-state index in [9.17, 15) is 14.9 Å². The predicted molar refractivity (Wildman–Crippen MR) is 98.1 cm³/mol. The maximum Gasteiger partial charge on any atom is 0.350 e. The monoisotopic (exact) mass is 382 g/mol. The Labute approximate surface area is 156 Å². The van der Waals surface area contributed by atoms with Gasteiger partial charge in [0, 0.05) is 6.04 Å². The first-order valence-electron chi connectivity index (χ1n) is 8.45. The minimum atomic E-state index is -0.665. The van der Waals surface area contributed by atoms with E-state index >= 15 is 0 Å². The Morgan fingerprint density at radius 2 is 1.84 bits per heavy atom. The molecule has 1 aliphatic heterocycles. The number of carbonyl (C=O) groups is 2. The molecule has 2 aliphatic rings. The van der Waals surface area contributed by atoms with Gasteiger partial charge in [0.1, 0.15) is 11.0 Å². The first-order chi connectivity index (χ1) is 12.1. The molecule has 2 rings (SSSR count). The average molecular weight is 383 g/mol. The Morgan fingerprint density at radius 1 is 1.16 bits per heavy atom. The lowest BCUT2D eigenvalue weighted by Gasteiger charge is -2.24. The van der Waals surface area contributed by atoms with Gasteiger partial charge in [-0.2, -0.15) is 5.26 Å². The molecule has 1 aliphatic carbocycles. The highest BCUT2D eigenvalue weighted by molar-refractivity contribution is 8.29. The molecule has 0 bridgehead atoms. The number of esters is 2. The average Bonchev–Trinajstić information content (AvgIpc) is 3.00. The SMILES string of the molecule is CCOC(=O)C1=C(NC2CCCCC2)S/C(=C(/C#N)C(=O)OCC)S1. The van der Waals surface area contributed by atoms with E-state index in [1.807, 2.05) is 6.07 Å². The summed E-state index contributed by atoms with van der Waals surface area (Å²) in [5.41, 5.74) is -0.0703. The summed E-state index contributed by atoms with van der Waals surface area (Å²) in [6, 6.07) is 2.20. The first-order valence-corrected chi connectivity index (χ1v) is 10.1. The third-order valence-electron chi connectivity index (χ3n) is 3.79. The molecule has 8 heteroatoms. The van der Waals surface area contributed by atoms with Crippen molar-refractivity contribution in [1.82, 2.24) is 5.32 Å². The van der Waals surface area contributed by atoms with Crippen molar-refractivity contribution in [2.75, 3.05) is 13.2 Å². The zero-order chi connectivity index (χ0) is 18.2. The van der Waals surface area contributed by atoms with E-state index in [1.165, 1.54) is 18.2 Å². The lowest BCUT2D eigenvalue weighted by molar-refractivity contribution is -0.138. The molecular weight excluding hydrogens is 360 g/mol. The van der Waals surface area contributed by atoms with Gasteiger partial charge in [-0.3, -0.25) is 0 Å². The van der Waals surface area contributed by atoms with Crippen LogP contribution in [0.5, 0.6) is 0 Å². The highest BCUT2D eigenvalue weighted by Gasteiger charge is 2.33. The minimum Gasteiger partial charge on any atom is -0.462 e. The number of thioether (sulfide) groups is 2. The number of carbonyl (C=O) groups excluding carboxylic acids is 2. The molecule has 0 aromatic heterocycles. The van der Waals surface area contributed by atoms with E-state index in [0.717, 1.165) is 37.4 Å². The van der Waals surface area contributed by atoms with Crippen LogP contribution < -0.4 is 5.32 Å². The molecule has 1 fully saturated rings. The van der Waals surface area contributed by atoms with Crippen LogP contribution in [0, 0.1) is 11.3 Å². The zero-order valence-electron chi connectivity index (χ0n) is 14.4. The fourth-order valence-corrected chi connectivity index (χ4v) is 5.08. The standard InChI is InChI=1S/C17H22N2O4S2/c1-3-22-15(20)12(10-18)17-24-13(16(21)23-4-2)14(25-17)19-11-8-6-5-7-9-11/h11,19H,3-9H2,1-2H3/b17-12-. The van der Waals surface area contributed by atoms with E-state index in [1.54, 1.807) is 13.8 Å². The van der Waals surface area contributed by atoms with E-state index < -0.39 is 11.9 Å². The van der Waals surface area contributed by atoms with Gasteiger partial charge in [0.25, 0.3) is 0 Å². The van der Waals surface area contributed by atoms with Gasteiger partial charge >= 0.3 is 11.9 Å². The molecule has 1 heterocycles. The Bertz CT molecular complexity index is 631. The summed E-state index contributed by atoms with van der Waals surface area (Å²) >= 11 is 2.34. The van der Waals surface area contributed by atoms with Crippen molar-refractivity contribution in [3.8, 4) is 6.07 Å². The number of ether oxygens (including phenoxy) is 2. The van der Waals surface area contributed by atoms with Crippen LogP contribution in [0.25, 0.3) is 0 Å². The molecule has 1 saturated carbocycles. The van der Waals surface area contributed by atoms with Crippen LogP contribution in [-0.2, 0) is 19.1 Å². The molecule has 0 amide bonds. The van der Waals surface area contributed by atoms with Crippen LogP contribution in [0.3, 0.4) is 0 Å². The third-order valence-corrected chi connectivity index (χ3v) is 6.30. The molecule has 25 heavy (non-hydrogen) atoms. The maximum absolute atomic E-state index is 12.3. The molecular formula is C17H22N2O4S2. The minimum absolute atomic E-state index is 0.0703. The van der Waals surface area contributed by atoms with Crippen LogP contribution in [0.4, 0.5) is 0 Å². The van der Waals surface area contributed by atoms with E-state index in [0.29, 0.717) is 20.2 Å². The summed E-state index contributed by atoms with van der Waals surface area (Å²) < 4.78 is 10.5. The molecule has 0 aromatic rings. The van der Waals surface area contributed by atoms with Gasteiger partial charge in [-0.15, -0.1) is 0 Å². The topological polar surface area (TPSA) is 88.4 Å². The Hall–Kier alpha value is -1.59. The van der Waals surface area contributed by atoms with Gasteiger partial charge in [0.05, 0.1) is 22.5 Å². The second-order valence-corrected chi connectivity index (χ2v) is 7.86. The van der Waals surface area contributed by atoms with E-state index in [-0.39, 0.29) is 18.8 Å². The second kappa shape index (κ2) is 9.78. The predicted octanol–water partition coefficient (Wildman–Crippen LogP) is 3.42. The molecule has 0 saturated heterocycles. The Morgan fingerprint density at radius 3 is 2.44 bits per heavy atom. The summed E-state index contributed by atoms with van der Waals surface area (Å²) in [6.45, 7) is 3.89. The van der Waals surface area contributed by atoms with Crippen LogP contribution in [0.15, 0.2) is 19.7 Å². The van der Waals surface area contributed by atoms with Crippen molar-refractivity contribution in [2.24, 2.45) is 0 Å². The van der Waals surface area contributed by atoms with Crippen LogP contribution in [-0.4, -0.2) is 31.2 Å². The van der Waals surface area contributed by atoms with Gasteiger partial charge < -0.3 is 14.8 Å². The number of rotatable bonds is 6.